The number of nitriles is 1. The van der Waals surface area contributed by atoms with E-state index in [1.54, 1.807) is 6.07 Å². The smallest absolute Gasteiger partial charge is 0.340 e. The van der Waals surface area contributed by atoms with Gasteiger partial charge in [-0.2, -0.15) is 5.26 Å². The zero-order valence-corrected chi connectivity index (χ0v) is 10.0. The highest BCUT2D eigenvalue weighted by Gasteiger charge is 2.13. The molecule has 0 heterocycles. The first-order valence-corrected chi connectivity index (χ1v) is 5.28. The second-order valence-electron chi connectivity index (χ2n) is 3.24. The topological polar surface area (TPSA) is 105 Å². The molecule has 7 heteroatoms. The molecule has 0 spiro atoms. The Labute approximate surface area is 108 Å². The maximum absolute atomic E-state index is 11.6. The molecular weight excluding hydrogens is 258 g/mol. The maximum atomic E-state index is 11.6. The van der Waals surface area contributed by atoms with Crippen molar-refractivity contribution >= 4 is 29.2 Å². The van der Waals surface area contributed by atoms with E-state index in [4.69, 9.17) is 27.3 Å². The molecule has 0 aliphatic carbocycles. The number of amides is 1. The number of nitrogens with zero attached hydrogens (tertiary/aromatic N) is 1. The maximum Gasteiger partial charge on any atom is 0.340 e. The summed E-state index contributed by atoms with van der Waals surface area (Å²) < 4.78 is 4.72. The summed E-state index contributed by atoms with van der Waals surface area (Å²) in [7, 11) is 0. The molecule has 3 N–H and O–H groups in total. The van der Waals surface area contributed by atoms with E-state index < -0.39 is 18.5 Å². The van der Waals surface area contributed by atoms with E-state index in [1.807, 2.05) is 0 Å². The SMILES string of the molecule is N#CCNC(=O)COC(=O)c1ccc(Cl)cc1N. The standard InChI is InChI=1S/C11H10ClN3O3/c12-7-1-2-8(9(14)5-7)11(17)18-6-10(16)15-4-3-13/h1-2,5H,4,6,14H2,(H,15,16). The monoisotopic (exact) mass is 267 g/mol. The molecule has 0 aromatic heterocycles. The predicted octanol–water partition coefficient (Wildman–Crippen LogP) is 0.719. The summed E-state index contributed by atoms with van der Waals surface area (Å²) in [5.41, 5.74) is 5.88. The van der Waals surface area contributed by atoms with Crippen molar-refractivity contribution in [2.75, 3.05) is 18.9 Å². The van der Waals surface area contributed by atoms with Crippen LogP contribution in [-0.4, -0.2) is 25.0 Å². The molecule has 1 rings (SSSR count). The van der Waals surface area contributed by atoms with E-state index in [0.717, 1.165) is 0 Å². The van der Waals surface area contributed by atoms with Crippen molar-refractivity contribution in [2.24, 2.45) is 0 Å². The lowest BCUT2D eigenvalue weighted by Gasteiger charge is -2.06. The van der Waals surface area contributed by atoms with Gasteiger partial charge in [-0.05, 0) is 18.2 Å². The molecule has 0 fully saturated rings. The fourth-order valence-corrected chi connectivity index (χ4v) is 1.30. The summed E-state index contributed by atoms with van der Waals surface area (Å²) in [6.07, 6.45) is 0. The lowest BCUT2D eigenvalue weighted by molar-refractivity contribution is -0.123. The van der Waals surface area contributed by atoms with Crippen LogP contribution in [0.25, 0.3) is 0 Å². The van der Waals surface area contributed by atoms with Crippen LogP contribution in [0, 0.1) is 11.3 Å². The number of hydrogen-bond donors (Lipinski definition) is 2. The quantitative estimate of drug-likeness (QED) is 0.475. The van der Waals surface area contributed by atoms with Gasteiger partial charge in [0.05, 0.1) is 11.6 Å². The number of halogens is 1. The molecule has 0 bridgehead atoms. The molecular formula is C11H10ClN3O3. The number of carbonyl (C=O) groups excluding carboxylic acids is 2. The van der Waals surface area contributed by atoms with Crippen LogP contribution in [0.3, 0.4) is 0 Å². The van der Waals surface area contributed by atoms with E-state index in [2.05, 4.69) is 5.32 Å². The third-order valence-electron chi connectivity index (χ3n) is 1.93. The molecule has 0 saturated heterocycles. The molecule has 0 unspecified atom stereocenters. The van der Waals surface area contributed by atoms with Crippen LogP contribution in [-0.2, 0) is 9.53 Å². The minimum Gasteiger partial charge on any atom is -0.452 e. The number of rotatable bonds is 4. The van der Waals surface area contributed by atoms with E-state index in [-0.39, 0.29) is 17.8 Å². The second kappa shape index (κ2) is 6.47. The Morgan fingerprint density at radius 2 is 2.22 bits per heavy atom. The van der Waals surface area contributed by atoms with Gasteiger partial charge in [0, 0.05) is 10.7 Å². The van der Waals surface area contributed by atoms with Gasteiger partial charge in [-0.25, -0.2) is 4.79 Å². The van der Waals surface area contributed by atoms with E-state index in [0.29, 0.717) is 5.02 Å². The van der Waals surface area contributed by atoms with Crippen molar-refractivity contribution in [3.63, 3.8) is 0 Å². The van der Waals surface area contributed by atoms with Gasteiger partial charge in [0.1, 0.15) is 6.54 Å². The van der Waals surface area contributed by atoms with Crippen molar-refractivity contribution in [3.05, 3.63) is 28.8 Å². The normalized spacial score (nSPS) is 9.33. The first-order chi connectivity index (χ1) is 8.54. The molecule has 94 valence electrons. The third kappa shape index (κ3) is 3.96. The first-order valence-electron chi connectivity index (χ1n) is 4.90. The van der Waals surface area contributed by atoms with Crippen LogP contribution in [0.15, 0.2) is 18.2 Å². The fourth-order valence-electron chi connectivity index (χ4n) is 1.12. The highest BCUT2D eigenvalue weighted by Crippen LogP contribution is 2.18. The summed E-state index contributed by atoms with van der Waals surface area (Å²) in [4.78, 5) is 22.6. The fraction of sp³-hybridized carbons (Fsp3) is 0.182. The molecule has 0 atom stereocenters. The Balaban J connectivity index is 2.56. The third-order valence-corrected chi connectivity index (χ3v) is 2.17. The number of esters is 1. The summed E-state index contributed by atoms with van der Waals surface area (Å²) in [5.74, 6) is -1.28. The number of nitrogens with one attached hydrogen (secondary N) is 1. The molecule has 0 aliphatic heterocycles. The van der Waals surface area contributed by atoms with Crippen LogP contribution in [0.4, 0.5) is 5.69 Å². The van der Waals surface area contributed by atoms with Crippen molar-refractivity contribution < 1.29 is 14.3 Å². The van der Waals surface area contributed by atoms with Crippen LogP contribution in [0.2, 0.25) is 5.02 Å². The zero-order valence-electron chi connectivity index (χ0n) is 9.27. The Hall–Kier alpha value is -2.26. The highest BCUT2D eigenvalue weighted by molar-refractivity contribution is 6.31. The highest BCUT2D eigenvalue weighted by atomic mass is 35.5. The van der Waals surface area contributed by atoms with E-state index >= 15 is 0 Å². The van der Waals surface area contributed by atoms with Gasteiger partial charge in [0.25, 0.3) is 5.91 Å². The summed E-state index contributed by atoms with van der Waals surface area (Å²) in [6, 6.07) is 6.04. The Bertz CT molecular complexity index is 511. The molecule has 0 aliphatic rings. The molecule has 18 heavy (non-hydrogen) atoms. The van der Waals surface area contributed by atoms with Crippen LogP contribution in [0.5, 0.6) is 0 Å². The number of ether oxygens (including phenoxy) is 1. The first kappa shape index (κ1) is 13.8. The Morgan fingerprint density at radius 1 is 1.50 bits per heavy atom. The van der Waals surface area contributed by atoms with Crippen molar-refractivity contribution in [2.45, 2.75) is 0 Å². The minimum atomic E-state index is -0.726. The van der Waals surface area contributed by atoms with Crippen molar-refractivity contribution in [1.29, 1.82) is 5.26 Å². The van der Waals surface area contributed by atoms with Gasteiger partial charge in [-0.1, -0.05) is 11.6 Å². The number of nitrogens with two attached hydrogens (primary N) is 1. The van der Waals surface area contributed by atoms with Gasteiger partial charge in [0.2, 0.25) is 0 Å². The lowest BCUT2D eigenvalue weighted by Crippen LogP contribution is -2.29. The molecule has 0 saturated carbocycles. The van der Waals surface area contributed by atoms with Crippen LogP contribution < -0.4 is 11.1 Å². The Kier molecular flexibility index (Phi) is 4.96. The number of benzene rings is 1. The minimum absolute atomic E-state index is 0.132. The molecule has 1 aromatic rings. The molecule has 6 nitrogen and oxygen atoms in total. The van der Waals surface area contributed by atoms with Crippen molar-refractivity contribution in [3.8, 4) is 6.07 Å². The van der Waals surface area contributed by atoms with Gasteiger partial charge in [-0.15, -0.1) is 0 Å². The molecule has 0 radical (unpaired) electrons. The van der Waals surface area contributed by atoms with Crippen molar-refractivity contribution in [1.82, 2.24) is 5.32 Å². The number of nitrogen functional groups attached to an aromatic ring is 1. The molecule has 1 amide bonds. The van der Waals surface area contributed by atoms with Crippen LogP contribution >= 0.6 is 11.6 Å². The van der Waals surface area contributed by atoms with E-state index in [1.165, 1.54) is 18.2 Å². The lowest BCUT2D eigenvalue weighted by atomic mass is 10.2. The van der Waals surface area contributed by atoms with E-state index in [9.17, 15) is 9.59 Å². The van der Waals surface area contributed by atoms with Gasteiger partial charge < -0.3 is 15.8 Å². The zero-order chi connectivity index (χ0) is 13.5. The van der Waals surface area contributed by atoms with Gasteiger partial charge in [-0.3, -0.25) is 4.79 Å². The Morgan fingerprint density at radius 3 is 2.83 bits per heavy atom. The number of hydrogen-bond acceptors (Lipinski definition) is 5. The average Bonchev–Trinajstić information content (AvgIpc) is 2.33. The summed E-state index contributed by atoms with van der Waals surface area (Å²) in [5, 5.41) is 10.9. The second-order valence-corrected chi connectivity index (χ2v) is 3.68. The van der Waals surface area contributed by atoms with Gasteiger partial charge >= 0.3 is 5.97 Å². The summed E-state index contributed by atoms with van der Waals surface area (Å²) in [6.45, 7) is -0.609. The summed E-state index contributed by atoms with van der Waals surface area (Å²) >= 11 is 5.68. The number of anilines is 1. The average molecular weight is 268 g/mol. The largest absolute Gasteiger partial charge is 0.452 e. The molecule has 1 aromatic carbocycles. The van der Waals surface area contributed by atoms with Gasteiger partial charge in [0.15, 0.2) is 6.61 Å². The predicted molar refractivity (Wildman–Crippen MR) is 64.8 cm³/mol. The number of carbonyl (C=O) groups is 2. The van der Waals surface area contributed by atoms with Crippen LogP contribution in [0.1, 0.15) is 10.4 Å².